The van der Waals surface area contributed by atoms with Crippen molar-refractivity contribution in [3.8, 4) is 5.92 Å². The second-order valence-corrected chi connectivity index (χ2v) is 2.27. The van der Waals surface area contributed by atoms with E-state index in [1.165, 1.54) is 12.8 Å². The van der Waals surface area contributed by atoms with Crippen molar-refractivity contribution in [2.75, 3.05) is 0 Å². The van der Waals surface area contributed by atoms with Gasteiger partial charge >= 0.3 is 0 Å². The van der Waals surface area contributed by atoms with Gasteiger partial charge in [0.1, 0.15) is 0 Å². The van der Waals surface area contributed by atoms with Crippen molar-refractivity contribution in [3.63, 3.8) is 0 Å². The molecule has 0 N–H and O–H groups in total. The van der Waals surface area contributed by atoms with Gasteiger partial charge in [-0.05, 0) is 12.3 Å². The molecule has 0 aliphatic carbocycles. The molecule has 0 rings (SSSR count). The standard InChI is InChI=1S/C8H13/c1-4-6-8(3)7-5-2/h8H,4,6-7H2,1,3H3. The van der Waals surface area contributed by atoms with E-state index in [2.05, 4.69) is 19.8 Å². The fourth-order valence-corrected chi connectivity index (χ4v) is 0.769. The van der Waals surface area contributed by atoms with Crippen LogP contribution in [0.1, 0.15) is 33.1 Å². The van der Waals surface area contributed by atoms with Crippen molar-refractivity contribution >= 4 is 0 Å². The molecule has 0 nitrogen and oxygen atoms in total. The molecule has 0 aliphatic heterocycles. The first-order chi connectivity index (χ1) is 3.81. The van der Waals surface area contributed by atoms with Crippen LogP contribution in [-0.2, 0) is 0 Å². The second kappa shape index (κ2) is 4.71. The van der Waals surface area contributed by atoms with Gasteiger partial charge in [-0.2, -0.15) is 0 Å². The van der Waals surface area contributed by atoms with Crippen molar-refractivity contribution in [2.45, 2.75) is 33.1 Å². The summed E-state index contributed by atoms with van der Waals surface area (Å²) in [4.78, 5) is 0. The van der Waals surface area contributed by atoms with Gasteiger partial charge in [0.05, 0.1) is 0 Å². The lowest BCUT2D eigenvalue weighted by atomic mass is 10.0. The van der Waals surface area contributed by atoms with Crippen LogP contribution in [-0.4, -0.2) is 0 Å². The molecule has 0 amide bonds. The zero-order valence-corrected chi connectivity index (χ0v) is 5.70. The van der Waals surface area contributed by atoms with Gasteiger partial charge in [-0.1, -0.05) is 32.6 Å². The van der Waals surface area contributed by atoms with Crippen LogP contribution in [0.4, 0.5) is 0 Å². The van der Waals surface area contributed by atoms with Crippen molar-refractivity contribution in [3.05, 3.63) is 6.42 Å². The lowest BCUT2D eigenvalue weighted by Crippen LogP contribution is -1.89. The summed E-state index contributed by atoms with van der Waals surface area (Å²) in [6.45, 7) is 4.32. The lowest BCUT2D eigenvalue weighted by molar-refractivity contribution is 0.539. The van der Waals surface area contributed by atoms with Gasteiger partial charge in [-0.15, -0.1) is 0 Å². The molecular weight excluding hydrogens is 96.1 g/mol. The molecule has 8 heavy (non-hydrogen) atoms. The molecule has 45 valence electrons. The summed E-state index contributed by atoms with van der Waals surface area (Å²) in [7, 11) is 0. The monoisotopic (exact) mass is 109 g/mol. The Hall–Kier alpha value is -0.440. The van der Waals surface area contributed by atoms with Crippen molar-refractivity contribution in [2.24, 2.45) is 5.92 Å². The Labute approximate surface area is 52.3 Å². The summed E-state index contributed by atoms with van der Waals surface area (Å²) in [6.07, 6.45) is 9.94. The van der Waals surface area contributed by atoms with Gasteiger partial charge in [-0.25, -0.2) is 0 Å². The molecule has 0 spiro atoms. The maximum Gasteiger partial charge on any atom is 0.0125 e. The highest BCUT2D eigenvalue weighted by Gasteiger charge is 1.94. The molecule has 1 atom stereocenters. The topological polar surface area (TPSA) is 0 Å². The van der Waals surface area contributed by atoms with Crippen LogP contribution in [0.3, 0.4) is 0 Å². The second-order valence-electron chi connectivity index (χ2n) is 2.27. The minimum Gasteiger partial charge on any atom is -0.0888 e. The maximum atomic E-state index is 6.66. The van der Waals surface area contributed by atoms with Crippen LogP contribution in [0.15, 0.2) is 0 Å². The van der Waals surface area contributed by atoms with E-state index in [1.807, 2.05) is 0 Å². The highest BCUT2D eigenvalue weighted by molar-refractivity contribution is 4.77. The van der Waals surface area contributed by atoms with Crippen LogP contribution >= 0.6 is 0 Å². The quantitative estimate of drug-likeness (QED) is 0.488. The van der Waals surface area contributed by atoms with Gasteiger partial charge in [0, 0.05) is 6.42 Å². The molecule has 1 unspecified atom stereocenters. The Bertz CT molecular complexity index is 76.5. The van der Waals surface area contributed by atoms with E-state index < -0.39 is 0 Å². The molecule has 0 aromatic heterocycles. The largest absolute Gasteiger partial charge is 0.0888 e. The van der Waals surface area contributed by atoms with Crippen molar-refractivity contribution in [1.82, 2.24) is 0 Å². The summed E-state index contributed by atoms with van der Waals surface area (Å²) in [5.74, 6) is 3.07. The van der Waals surface area contributed by atoms with Gasteiger partial charge < -0.3 is 0 Å². The van der Waals surface area contributed by atoms with Crippen LogP contribution < -0.4 is 0 Å². The van der Waals surface area contributed by atoms with Gasteiger partial charge in [0.25, 0.3) is 0 Å². The summed E-state index contributed by atoms with van der Waals surface area (Å²) in [6, 6.07) is 0. The van der Waals surface area contributed by atoms with Crippen LogP contribution in [0, 0.1) is 18.3 Å². The summed E-state index contributed by atoms with van der Waals surface area (Å²) in [5, 5.41) is 0. The Morgan fingerprint density at radius 2 is 2.25 bits per heavy atom. The fourth-order valence-electron chi connectivity index (χ4n) is 0.769. The maximum absolute atomic E-state index is 6.66. The summed E-state index contributed by atoms with van der Waals surface area (Å²) >= 11 is 0. The zero-order chi connectivity index (χ0) is 6.41. The predicted molar refractivity (Wildman–Crippen MR) is 35.8 cm³/mol. The third-order valence-corrected chi connectivity index (χ3v) is 1.23. The molecule has 0 saturated heterocycles. The Balaban J connectivity index is 3.08. The summed E-state index contributed by atoms with van der Waals surface area (Å²) in [5.41, 5.74) is 0. The van der Waals surface area contributed by atoms with Gasteiger partial charge in [-0.3, -0.25) is 0 Å². The van der Waals surface area contributed by atoms with Gasteiger partial charge in [0.15, 0.2) is 0 Å². The SMILES string of the molecule is [C]#CCC(C)CCC. The molecule has 0 saturated carbocycles. The van der Waals surface area contributed by atoms with Crippen LogP contribution in [0.5, 0.6) is 0 Å². The van der Waals surface area contributed by atoms with Crippen LogP contribution in [0.2, 0.25) is 0 Å². The van der Waals surface area contributed by atoms with E-state index in [9.17, 15) is 0 Å². The molecule has 0 aromatic carbocycles. The molecule has 0 heteroatoms. The first-order valence-corrected chi connectivity index (χ1v) is 3.20. The van der Waals surface area contributed by atoms with E-state index in [0.29, 0.717) is 5.92 Å². The van der Waals surface area contributed by atoms with Crippen molar-refractivity contribution < 1.29 is 0 Å². The number of hydrogen-bond donors (Lipinski definition) is 0. The van der Waals surface area contributed by atoms with E-state index in [4.69, 9.17) is 6.42 Å². The van der Waals surface area contributed by atoms with Gasteiger partial charge in [0.2, 0.25) is 0 Å². The minimum absolute atomic E-state index is 0.664. The van der Waals surface area contributed by atoms with E-state index >= 15 is 0 Å². The molecule has 1 radical (unpaired) electrons. The molecule has 0 bridgehead atoms. The fraction of sp³-hybridized carbons (Fsp3) is 0.750. The van der Waals surface area contributed by atoms with Crippen molar-refractivity contribution in [1.29, 1.82) is 0 Å². The Morgan fingerprint density at radius 3 is 2.62 bits per heavy atom. The average Bonchev–Trinajstić information content (AvgIpc) is 1.68. The Morgan fingerprint density at radius 1 is 1.62 bits per heavy atom. The molecule has 0 aliphatic rings. The Kier molecular flexibility index (Phi) is 4.45. The minimum atomic E-state index is 0.664. The third-order valence-electron chi connectivity index (χ3n) is 1.23. The lowest BCUT2D eigenvalue weighted by Gasteiger charge is -2.01. The molecule has 0 heterocycles. The predicted octanol–water partition coefficient (Wildman–Crippen LogP) is 2.40. The average molecular weight is 109 g/mol. The first kappa shape index (κ1) is 7.56. The third kappa shape index (κ3) is 3.74. The summed E-state index contributed by atoms with van der Waals surface area (Å²) < 4.78 is 0. The molecular formula is C8H13. The normalized spacial score (nSPS) is 12.6. The van der Waals surface area contributed by atoms with E-state index in [-0.39, 0.29) is 0 Å². The first-order valence-electron chi connectivity index (χ1n) is 3.20. The molecule has 0 fully saturated rings. The number of rotatable bonds is 3. The highest BCUT2D eigenvalue weighted by atomic mass is 14.0. The highest BCUT2D eigenvalue weighted by Crippen LogP contribution is 2.07. The molecule has 0 aromatic rings. The van der Waals surface area contributed by atoms with E-state index in [1.54, 1.807) is 0 Å². The zero-order valence-electron chi connectivity index (χ0n) is 5.70. The smallest absolute Gasteiger partial charge is 0.0125 e. The van der Waals surface area contributed by atoms with Crippen LogP contribution in [0.25, 0.3) is 0 Å². The van der Waals surface area contributed by atoms with E-state index in [0.717, 1.165) is 6.42 Å². The number of hydrogen-bond acceptors (Lipinski definition) is 0.